The first-order valence-corrected chi connectivity index (χ1v) is 7.90. The summed E-state index contributed by atoms with van der Waals surface area (Å²) in [6, 6.07) is 0.492. The third kappa shape index (κ3) is 2.81. The van der Waals surface area contributed by atoms with Gasteiger partial charge in [-0.1, -0.05) is 11.8 Å². The van der Waals surface area contributed by atoms with Crippen LogP contribution in [-0.2, 0) is 5.75 Å². The van der Waals surface area contributed by atoms with Crippen LogP contribution >= 0.6 is 11.8 Å². The Morgan fingerprint density at radius 2 is 1.53 bits per heavy atom. The fraction of sp³-hybridized carbons (Fsp3) is 0.562. The molecule has 0 fully saturated rings. The molecule has 0 spiro atoms. The Bertz CT molecular complexity index is 503. The molecule has 104 valence electrons. The highest BCUT2D eigenvalue weighted by Crippen LogP contribution is 2.29. The van der Waals surface area contributed by atoms with Crippen molar-refractivity contribution < 1.29 is 0 Å². The van der Waals surface area contributed by atoms with E-state index in [0.717, 1.165) is 17.5 Å². The topological polar surface area (TPSA) is 24.4 Å². The quantitative estimate of drug-likeness (QED) is 0.888. The average molecular weight is 276 g/mol. The molecule has 1 N–H and O–H groups in total. The van der Waals surface area contributed by atoms with Gasteiger partial charge in [-0.2, -0.15) is 0 Å². The monoisotopic (exact) mass is 276 g/mol. The van der Waals surface area contributed by atoms with Gasteiger partial charge in [0.1, 0.15) is 0 Å². The molecule has 0 bridgehead atoms. The first-order chi connectivity index (χ1) is 8.91. The number of thioether (sulfide) groups is 1. The predicted octanol–water partition coefficient (Wildman–Crippen LogP) is 3.81. The summed E-state index contributed by atoms with van der Waals surface area (Å²) in [5, 5.41) is 4.52. The van der Waals surface area contributed by atoms with Crippen molar-refractivity contribution in [3.8, 4) is 0 Å². The average Bonchev–Trinajstić information content (AvgIpc) is 2.80. The van der Waals surface area contributed by atoms with Crippen LogP contribution < -0.4 is 5.32 Å². The summed E-state index contributed by atoms with van der Waals surface area (Å²) >= 11 is 1.83. The van der Waals surface area contributed by atoms with Crippen LogP contribution in [0.5, 0.6) is 0 Å². The van der Waals surface area contributed by atoms with E-state index in [2.05, 4.69) is 51.9 Å². The lowest BCUT2D eigenvalue weighted by molar-refractivity contribution is 0.728. The molecule has 1 aromatic carbocycles. The molecule has 1 heterocycles. The third-order valence-corrected chi connectivity index (χ3v) is 5.34. The van der Waals surface area contributed by atoms with E-state index in [-0.39, 0.29) is 0 Å². The van der Waals surface area contributed by atoms with Crippen LogP contribution in [0.3, 0.4) is 0 Å². The minimum atomic E-state index is 0.492. The van der Waals surface area contributed by atoms with Gasteiger partial charge >= 0.3 is 0 Å². The summed E-state index contributed by atoms with van der Waals surface area (Å²) < 4.78 is 0. The highest BCUT2D eigenvalue weighted by atomic mass is 32.2. The molecule has 0 radical (unpaired) electrons. The second-order valence-corrected chi connectivity index (χ2v) is 6.55. The molecule has 0 aliphatic carbocycles. The van der Waals surface area contributed by atoms with Gasteiger partial charge in [0.25, 0.3) is 0 Å². The molecule has 2 nitrogen and oxygen atoms in total. The Morgan fingerprint density at radius 1 is 1.00 bits per heavy atom. The van der Waals surface area contributed by atoms with E-state index in [1.807, 2.05) is 11.8 Å². The molecule has 0 saturated heterocycles. The molecular weight excluding hydrogens is 252 g/mol. The van der Waals surface area contributed by atoms with Crippen LogP contribution in [0.1, 0.15) is 40.3 Å². The Hall–Kier alpha value is -0.960. The highest BCUT2D eigenvalue weighted by Gasteiger charge is 2.16. The Kier molecular flexibility index (Phi) is 4.24. The van der Waals surface area contributed by atoms with Crippen molar-refractivity contribution in [3.05, 3.63) is 33.4 Å². The van der Waals surface area contributed by atoms with Gasteiger partial charge in [-0.25, -0.2) is 0 Å². The van der Waals surface area contributed by atoms with Crippen LogP contribution in [0.4, 0.5) is 0 Å². The van der Waals surface area contributed by atoms with Gasteiger partial charge in [0.05, 0.1) is 6.54 Å². The van der Waals surface area contributed by atoms with Crippen molar-refractivity contribution in [1.29, 1.82) is 0 Å². The number of nitrogens with one attached hydrogen (secondary N) is 1. The lowest BCUT2D eigenvalue weighted by Crippen LogP contribution is -2.25. The Morgan fingerprint density at radius 3 is 2.00 bits per heavy atom. The molecule has 3 heteroatoms. The van der Waals surface area contributed by atoms with E-state index >= 15 is 0 Å². The summed E-state index contributed by atoms with van der Waals surface area (Å²) in [6.07, 6.45) is 0. The highest BCUT2D eigenvalue weighted by molar-refractivity contribution is 8.13. The zero-order valence-corrected chi connectivity index (χ0v) is 13.7. The zero-order valence-electron chi connectivity index (χ0n) is 12.8. The van der Waals surface area contributed by atoms with Gasteiger partial charge < -0.3 is 5.32 Å². The van der Waals surface area contributed by atoms with Crippen LogP contribution in [0.25, 0.3) is 0 Å². The largest absolute Gasteiger partial charge is 0.361 e. The first-order valence-electron chi connectivity index (χ1n) is 6.91. The number of amidine groups is 1. The number of hydrogen-bond acceptors (Lipinski definition) is 3. The van der Waals surface area contributed by atoms with Crippen molar-refractivity contribution in [3.63, 3.8) is 0 Å². The Balaban J connectivity index is 2.21. The van der Waals surface area contributed by atoms with E-state index in [4.69, 9.17) is 0 Å². The second-order valence-electron chi connectivity index (χ2n) is 5.58. The van der Waals surface area contributed by atoms with E-state index in [9.17, 15) is 0 Å². The van der Waals surface area contributed by atoms with Crippen LogP contribution in [0, 0.1) is 34.6 Å². The summed E-state index contributed by atoms with van der Waals surface area (Å²) in [7, 11) is 0. The van der Waals surface area contributed by atoms with Crippen molar-refractivity contribution in [2.45, 2.75) is 53.3 Å². The zero-order chi connectivity index (χ0) is 14.2. The summed E-state index contributed by atoms with van der Waals surface area (Å²) in [5.74, 6) is 1.01. The first kappa shape index (κ1) is 14.4. The maximum absolute atomic E-state index is 4.52. The lowest BCUT2D eigenvalue weighted by atomic mass is 9.90. The number of hydrogen-bond donors (Lipinski definition) is 1. The molecule has 1 aliphatic heterocycles. The van der Waals surface area contributed by atoms with Crippen molar-refractivity contribution >= 4 is 16.9 Å². The second kappa shape index (κ2) is 5.58. The minimum absolute atomic E-state index is 0.492. The normalized spacial score (nSPS) is 18.4. The fourth-order valence-corrected chi connectivity index (χ4v) is 3.71. The molecule has 2 rings (SSSR count). The van der Waals surface area contributed by atoms with Crippen LogP contribution in [-0.4, -0.2) is 17.8 Å². The third-order valence-electron chi connectivity index (χ3n) is 4.39. The summed E-state index contributed by atoms with van der Waals surface area (Å²) in [5.41, 5.74) is 8.68. The Labute approximate surface area is 121 Å². The molecule has 0 unspecified atom stereocenters. The number of aliphatic imine (C=N–C) groups is 1. The molecule has 1 aromatic rings. The maximum atomic E-state index is 4.52. The lowest BCUT2D eigenvalue weighted by Gasteiger charge is -2.18. The van der Waals surface area contributed by atoms with E-state index < -0.39 is 0 Å². The van der Waals surface area contributed by atoms with Crippen molar-refractivity contribution in [2.24, 2.45) is 4.99 Å². The smallest absolute Gasteiger partial charge is 0.157 e. The molecule has 1 aliphatic rings. The van der Waals surface area contributed by atoms with Gasteiger partial charge in [0.2, 0.25) is 0 Å². The molecular formula is C16H24N2S. The molecule has 0 amide bonds. The summed E-state index contributed by atoms with van der Waals surface area (Å²) in [4.78, 5) is 4.52. The van der Waals surface area contributed by atoms with Gasteiger partial charge in [0, 0.05) is 11.8 Å². The standard InChI is InChI=1S/C16H24N2S/c1-9-7-17-16(18-9)19-8-15-13(5)11(3)10(2)12(4)14(15)6/h9H,7-8H2,1-6H3,(H,17,18)/t9-/m1/s1. The summed E-state index contributed by atoms with van der Waals surface area (Å²) in [6.45, 7) is 14.3. The van der Waals surface area contributed by atoms with Crippen LogP contribution in [0.2, 0.25) is 0 Å². The van der Waals surface area contributed by atoms with Gasteiger partial charge in [-0.15, -0.1) is 0 Å². The maximum Gasteiger partial charge on any atom is 0.157 e. The van der Waals surface area contributed by atoms with E-state index in [1.165, 1.54) is 33.4 Å². The molecule has 0 aromatic heterocycles. The van der Waals surface area contributed by atoms with Crippen molar-refractivity contribution in [2.75, 3.05) is 6.54 Å². The minimum Gasteiger partial charge on any atom is -0.361 e. The number of rotatable bonds is 2. The van der Waals surface area contributed by atoms with Crippen LogP contribution in [0.15, 0.2) is 4.99 Å². The number of benzene rings is 1. The van der Waals surface area contributed by atoms with Gasteiger partial charge in [0.15, 0.2) is 5.17 Å². The predicted molar refractivity (Wildman–Crippen MR) is 86.3 cm³/mol. The van der Waals surface area contributed by atoms with Gasteiger partial charge in [-0.3, -0.25) is 4.99 Å². The molecule has 19 heavy (non-hydrogen) atoms. The number of nitrogens with zero attached hydrogens (tertiary/aromatic N) is 1. The fourth-order valence-electron chi connectivity index (χ4n) is 2.54. The van der Waals surface area contributed by atoms with Gasteiger partial charge in [-0.05, 0) is 74.9 Å². The van der Waals surface area contributed by atoms with Crippen molar-refractivity contribution in [1.82, 2.24) is 5.32 Å². The SMILES string of the molecule is Cc1c(C)c(C)c(CSC2=NC[C@@H](C)N2)c(C)c1C. The van der Waals surface area contributed by atoms with E-state index in [1.54, 1.807) is 0 Å². The molecule has 1 atom stereocenters. The van der Waals surface area contributed by atoms with E-state index in [0.29, 0.717) is 6.04 Å². The molecule has 0 saturated carbocycles.